The summed E-state index contributed by atoms with van der Waals surface area (Å²) in [5, 5.41) is 0.631. The largest absolute Gasteiger partial charge is 0.466 e. The molecular weight excluding hydrogens is 376 g/mol. The van der Waals surface area contributed by atoms with E-state index in [0.717, 1.165) is 17.7 Å². The normalized spacial score (nSPS) is 19.3. The van der Waals surface area contributed by atoms with Crippen LogP contribution in [0.15, 0.2) is 42.6 Å². The van der Waals surface area contributed by atoms with Gasteiger partial charge in [-0.3, -0.25) is 14.6 Å². The molecule has 3 rings (SSSR count). The van der Waals surface area contributed by atoms with Crippen molar-refractivity contribution in [2.24, 2.45) is 5.41 Å². The molecule has 28 heavy (non-hydrogen) atoms. The average molecular weight is 401 g/mol. The number of aryl methyl sites for hydroxylation is 1. The number of rotatable bonds is 5. The molecule has 0 saturated carbocycles. The van der Waals surface area contributed by atoms with E-state index in [-0.39, 0.29) is 11.9 Å². The Morgan fingerprint density at radius 1 is 1.29 bits per heavy atom. The van der Waals surface area contributed by atoms with Gasteiger partial charge in [-0.15, -0.1) is 0 Å². The van der Waals surface area contributed by atoms with Crippen LogP contribution < -0.4 is 0 Å². The van der Waals surface area contributed by atoms with Gasteiger partial charge in [0.05, 0.1) is 17.6 Å². The smallest absolute Gasteiger partial charge is 0.314 e. The minimum absolute atomic E-state index is 0.105. The van der Waals surface area contributed by atoms with E-state index < -0.39 is 5.41 Å². The molecule has 0 N–H and O–H groups in total. The lowest BCUT2D eigenvalue weighted by Gasteiger charge is -2.41. The van der Waals surface area contributed by atoms with Crippen LogP contribution in [0.25, 0.3) is 0 Å². The van der Waals surface area contributed by atoms with Gasteiger partial charge in [-0.25, -0.2) is 0 Å². The van der Waals surface area contributed by atoms with Gasteiger partial charge < -0.3 is 9.64 Å². The molecule has 1 atom stereocenters. The summed E-state index contributed by atoms with van der Waals surface area (Å²) >= 11 is 6.13. The van der Waals surface area contributed by atoms with Crippen LogP contribution in [0.3, 0.4) is 0 Å². The van der Waals surface area contributed by atoms with Crippen LogP contribution in [0.2, 0.25) is 5.02 Å². The van der Waals surface area contributed by atoms with Crippen LogP contribution in [0.5, 0.6) is 0 Å². The maximum Gasteiger partial charge on any atom is 0.314 e. The Kier molecular flexibility index (Phi) is 6.35. The van der Waals surface area contributed by atoms with Crippen molar-refractivity contribution in [3.8, 4) is 0 Å². The van der Waals surface area contributed by atoms with E-state index in [9.17, 15) is 9.59 Å². The summed E-state index contributed by atoms with van der Waals surface area (Å²) in [6.07, 6.45) is 3.50. The number of nitrogens with zero attached hydrogens (tertiary/aromatic N) is 2. The third-order valence-corrected chi connectivity index (χ3v) is 5.40. The third-order valence-electron chi connectivity index (χ3n) is 5.16. The van der Waals surface area contributed by atoms with Crippen LogP contribution >= 0.6 is 11.6 Å². The van der Waals surface area contributed by atoms with E-state index in [1.54, 1.807) is 24.1 Å². The van der Waals surface area contributed by atoms with Crippen molar-refractivity contribution in [2.45, 2.75) is 33.1 Å². The van der Waals surface area contributed by atoms with E-state index in [2.05, 4.69) is 4.98 Å². The van der Waals surface area contributed by atoms with E-state index >= 15 is 0 Å². The van der Waals surface area contributed by atoms with Crippen molar-refractivity contribution < 1.29 is 14.3 Å². The number of carbonyl (C=O) groups is 2. The molecule has 1 aliphatic rings. The molecule has 1 aromatic carbocycles. The van der Waals surface area contributed by atoms with E-state index in [4.69, 9.17) is 16.3 Å². The maximum absolute atomic E-state index is 13.0. The van der Waals surface area contributed by atoms with Crippen LogP contribution in [-0.4, -0.2) is 41.5 Å². The second-order valence-electron chi connectivity index (χ2n) is 7.33. The molecule has 0 radical (unpaired) electrons. The van der Waals surface area contributed by atoms with Crippen LogP contribution in [0.1, 0.15) is 41.4 Å². The molecule has 0 bridgehead atoms. The molecular formula is C22H25ClN2O3. The number of piperidine rings is 1. The number of benzene rings is 1. The zero-order valence-corrected chi connectivity index (χ0v) is 17.0. The second kappa shape index (κ2) is 8.74. The number of hydrogen-bond acceptors (Lipinski definition) is 4. The molecule has 148 valence electrons. The maximum atomic E-state index is 13.0. The lowest BCUT2D eigenvalue weighted by atomic mass is 9.75. The number of halogens is 1. The van der Waals surface area contributed by atoms with Gasteiger partial charge in [-0.05, 0) is 62.9 Å². The monoisotopic (exact) mass is 400 g/mol. The van der Waals surface area contributed by atoms with Crippen molar-refractivity contribution in [1.29, 1.82) is 0 Å². The highest BCUT2D eigenvalue weighted by Crippen LogP contribution is 2.36. The molecule has 0 spiro atoms. The van der Waals surface area contributed by atoms with Crippen molar-refractivity contribution in [1.82, 2.24) is 9.88 Å². The predicted molar refractivity (Wildman–Crippen MR) is 108 cm³/mol. The van der Waals surface area contributed by atoms with Gasteiger partial charge >= 0.3 is 5.97 Å². The molecule has 0 unspecified atom stereocenters. The molecule has 0 aliphatic carbocycles. The number of amides is 1. The minimum Gasteiger partial charge on any atom is -0.466 e. The Balaban J connectivity index is 1.87. The summed E-state index contributed by atoms with van der Waals surface area (Å²) in [4.78, 5) is 31.9. The fraction of sp³-hybridized carbons (Fsp3) is 0.409. The second-order valence-corrected chi connectivity index (χ2v) is 7.76. The van der Waals surface area contributed by atoms with Gasteiger partial charge in [-0.1, -0.05) is 23.7 Å². The quantitative estimate of drug-likeness (QED) is 0.710. The Morgan fingerprint density at radius 2 is 2.11 bits per heavy atom. The first-order valence-electron chi connectivity index (χ1n) is 9.57. The number of likely N-dealkylation sites (tertiary alicyclic amines) is 1. The van der Waals surface area contributed by atoms with E-state index in [1.165, 1.54) is 0 Å². The first-order valence-corrected chi connectivity index (χ1v) is 9.95. The third kappa shape index (κ3) is 4.53. The zero-order valence-electron chi connectivity index (χ0n) is 16.3. The number of ether oxygens (including phenoxy) is 1. The number of hydrogen-bond donors (Lipinski definition) is 0. The zero-order chi connectivity index (χ0) is 20.1. The summed E-state index contributed by atoms with van der Waals surface area (Å²) in [6.45, 7) is 4.93. The summed E-state index contributed by atoms with van der Waals surface area (Å²) in [5.74, 6) is -0.360. The Bertz CT molecular complexity index is 853. The first-order chi connectivity index (χ1) is 13.4. The van der Waals surface area contributed by atoms with Gasteiger partial charge in [0.1, 0.15) is 0 Å². The predicted octanol–water partition coefficient (Wildman–Crippen LogP) is 4.07. The molecule has 1 fully saturated rings. The van der Waals surface area contributed by atoms with Gasteiger partial charge in [0.25, 0.3) is 5.91 Å². The summed E-state index contributed by atoms with van der Waals surface area (Å²) in [6, 6.07) is 11.1. The molecule has 1 aliphatic heterocycles. The van der Waals surface area contributed by atoms with Crippen LogP contribution in [0, 0.1) is 12.3 Å². The van der Waals surface area contributed by atoms with Crippen molar-refractivity contribution in [3.05, 3.63) is 64.4 Å². The fourth-order valence-corrected chi connectivity index (χ4v) is 4.00. The fourth-order valence-electron chi connectivity index (χ4n) is 3.79. The number of esters is 1. The van der Waals surface area contributed by atoms with Crippen LogP contribution in [0.4, 0.5) is 0 Å². The van der Waals surface area contributed by atoms with Crippen LogP contribution in [-0.2, 0) is 16.0 Å². The number of carbonyl (C=O) groups excluding carboxylic acids is 2. The van der Waals surface area contributed by atoms with E-state index in [1.807, 2.05) is 37.3 Å². The molecule has 2 heterocycles. The molecule has 2 aromatic rings. The highest BCUT2D eigenvalue weighted by molar-refractivity contribution is 6.30. The molecule has 5 nitrogen and oxygen atoms in total. The Hall–Kier alpha value is -2.40. The lowest BCUT2D eigenvalue weighted by Crippen LogP contribution is -2.51. The standard InChI is InChI=1S/C22H25ClN2O3/c1-3-28-21(27)22(13-17-6-4-7-19(23)12-17)10-5-11-25(15-22)20(26)18-9-8-16(2)24-14-18/h4,6-9,12,14H,3,5,10-11,13,15H2,1-2H3/t22-/m1/s1. The van der Waals surface area contributed by atoms with Gasteiger partial charge in [0, 0.05) is 30.0 Å². The number of aromatic nitrogens is 1. The highest BCUT2D eigenvalue weighted by atomic mass is 35.5. The summed E-state index contributed by atoms with van der Waals surface area (Å²) < 4.78 is 5.41. The molecule has 1 amide bonds. The van der Waals surface area contributed by atoms with Crippen molar-refractivity contribution in [2.75, 3.05) is 19.7 Å². The topological polar surface area (TPSA) is 59.5 Å². The first kappa shape index (κ1) is 20.3. The average Bonchev–Trinajstić information content (AvgIpc) is 2.68. The molecule has 6 heteroatoms. The minimum atomic E-state index is -0.771. The van der Waals surface area contributed by atoms with Gasteiger partial charge in [0.2, 0.25) is 0 Å². The molecule has 1 aromatic heterocycles. The summed E-state index contributed by atoms with van der Waals surface area (Å²) in [5.41, 5.74) is 1.59. The SMILES string of the molecule is CCOC(=O)[C@@]1(Cc2cccc(Cl)c2)CCCN(C(=O)c2ccc(C)nc2)C1. The summed E-state index contributed by atoms with van der Waals surface area (Å²) in [7, 11) is 0. The highest BCUT2D eigenvalue weighted by Gasteiger charge is 2.45. The molecule has 1 saturated heterocycles. The van der Waals surface area contributed by atoms with Gasteiger partial charge in [0.15, 0.2) is 0 Å². The lowest BCUT2D eigenvalue weighted by molar-refractivity contribution is -0.158. The van der Waals surface area contributed by atoms with Crippen molar-refractivity contribution >= 4 is 23.5 Å². The van der Waals surface area contributed by atoms with Crippen molar-refractivity contribution in [3.63, 3.8) is 0 Å². The Morgan fingerprint density at radius 3 is 2.79 bits per heavy atom. The van der Waals surface area contributed by atoms with Gasteiger partial charge in [-0.2, -0.15) is 0 Å². The number of pyridine rings is 1. The van der Waals surface area contributed by atoms with E-state index in [0.29, 0.717) is 43.1 Å². The Labute approximate surface area is 170 Å².